The van der Waals surface area contributed by atoms with Gasteiger partial charge in [0.25, 0.3) is 0 Å². The maximum atomic E-state index is 11.0. The van der Waals surface area contributed by atoms with E-state index in [0.29, 0.717) is 29.3 Å². The lowest BCUT2D eigenvalue weighted by molar-refractivity contribution is -0.120. The molecule has 1 N–H and O–H groups in total. The first-order chi connectivity index (χ1) is 13.9. The van der Waals surface area contributed by atoms with E-state index in [1.807, 2.05) is 6.92 Å². The van der Waals surface area contributed by atoms with Crippen LogP contribution in [-0.2, 0) is 16.1 Å². The average molecular weight is 461 g/mol. The van der Waals surface area contributed by atoms with E-state index in [0.717, 1.165) is 12.8 Å². The van der Waals surface area contributed by atoms with Crippen LogP contribution in [0.15, 0.2) is 11.7 Å². The molecule has 1 aliphatic rings. The summed E-state index contributed by atoms with van der Waals surface area (Å²) in [7, 11) is 0. The Morgan fingerprint density at radius 1 is 1.31 bits per heavy atom. The summed E-state index contributed by atoms with van der Waals surface area (Å²) >= 11 is 13.4. The second kappa shape index (κ2) is 10.4. The maximum Gasteiger partial charge on any atom is 0.240 e. The lowest BCUT2D eigenvalue weighted by Crippen LogP contribution is -2.40. The zero-order valence-electron chi connectivity index (χ0n) is 16.1. The molecule has 1 fully saturated rings. The molecule has 2 heterocycles. The van der Waals surface area contributed by atoms with Gasteiger partial charge in [0.2, 0.25) is 17.7 Å². The Morgan fingerprint density at radius 3 is 2.69 bits per heavy atom. The third-order valence-electron chi connectivity index (χ3n) is 4.29. The highest BCUT2D eigenvalue weighted by atomic mass is 35.5. The Labute approximate surface area is 182 Å². The van der Waals surface area contributed by atoms with Gasteiger partial charge in [0, 0.05) is 18.3 Å². The third kappa shape index (κ3) is 6.67. The Morgan fingerprint density at radius 2 is 2.03 bits per heavy atom. The minimum atomic E-state index is -0.0542. The topological polar surface area (TPSA) is 95.5 Å². The molecule has 1 atom stereocenters. The zero-order chi connectivity index (χ0) is 20.8. The molecule has 2 aromatic heterocycles. The second-order valence-corrected chi connectivity index (χ2v) is 8.70. The number of carbonyl (C=O) groups excluding carboxylic acids is 1. The van der Waals surface area contributed by atoms with E-state index in [9.17, 15) is 4.79 Å². The summed E-state index contributed by atoms with van der Waals surface area (Å²) in [5.74, 6) is 0.837. The van der Waals surface area contributed by atoms with E-state index >= 15 is 0 Å². The largest absolute Gasteiger partial charge is 0.476 e. The molecule has 0 spiro atoms. The Bertz CT molecular complexity index is 832. The van der Waals surface area contributed by atoms with Gasteiger partial charge < -0.3 is 19.5 Å². The maximum absolute atomic E-state index is 11.0. The van der Waals surface area contributed by atoms with Crippen LogP contribution in [0.1, 0.15) is 32.4 Å². The average Bonchev–Trinajstić information content (AvgIpc) is 3.04. The molecule has 2 aromatic rings. The highest BCUT2D eigenvalue weighted by Gasteiger charge is 2.31. The van der Waals surface area contributed by atoms with Crippen LogP contribution in [0, 0.1) is 5.92 Å². The van der Waals surface area contributed by atoms with Gasteiger partial charge in [-0.2, -0.15) is 0 Å². The lowest BCUT2D eigenvalue weighted by Gasteiger charge is -2.35. The summed E-state index contributed by atoms with van der Waals surface area (Å²) in [4.78, 5) is 23.2. The molecule has 11 heteroatoms. The highest BCUT2D eigenvalue weighted by molar-refractivity contribution is 7.13. The van der Waals surface area contributed by atoms with Crippen LogP contribution in [0.25, 0.3) is 0 Å². The molecule has 1 saturated carbocycles. The van der Waals surface area contributed by atoms with Crippen molar-refractivity contribution in [3.05, 3.63) is 26.9 Å². The van der Waals surface area contributed by atoms with Crippen LogP contribution in [0.2, 0.25) is 9.49 Å². The number of halogens is 2. The van der Waals surface area contributed by atoms with Gasteiger partial charge in [-0.05, 0) is 25.7 Å². The summed E-state index contributed by atoms with van der Waals surface area (Å²) < 4.78 is 17.6. The van der Waals surface area contributed by atoms with Crippen molar-refractivity contribution in [2.75, 3.05) is 13.2 Å². The number of aromatic nitrogens is 3. The first-order valence-corrected chi connectivity index (χ1v) is 10.8. The number of rotatable bonds is 10. The van der Waals surface area contributed by atoms with Gasteiger partial charge in [0.05, 0.1) is 25.0 Å². The van der Waals surface area contributed by atoms with Crippen LogP contribution in [-0.4, -0.2) is 46.2 Å². The van der Waals surface area contributed by atoms with Gasteiger partial charge in [-0.25, -0.2) is 15.0 Å². The molecule has 0 bridgehead atoms. The normalized spacial score (nSPS) is 19.3. The van der Waals surface area contributed by atoms with Gasteiger partial charge in [-0.15, -0.1) is 11.3 Å². The van der Waals surface area contributed by atoms with Gasteiger partial charge in [-0.1, -0.05) is 23.2 Å². The molecular weight excluding hydrogens is 439 g/mol. The van der Waals surface area contributed by atoms with Crippen molar-refractivity contribution in [3.63, 3.8) is 0 Å². The van der Waals surface area contributed by atoms with Crippen LogP contribution in [0.3, 0.4) is 0 Å². The predicted octanol–water partition coefficient (Wildman–Crippen LogP) is 3.52. The van der Waals surface area contributed by atoms with Crippen molar-refractivity contribution in [1.29, 1.82) is 0 Å². The molecule has 8 nitrogen and oxygen atoms in total. The first kappa shape index (κ1) is 22.0. The van der Waals surface area contributed by atoms with Crippen molar-refractivity contribution in [3.8, 4) is 11.8 Å². The minimum absolute atomic E-state index is 0.00125. The number of ether oxygens (including phenoxy) is 3. The first-order valence-electron chi connectivity index (χ1n) is 9.15. The molecule has 0 radical (unpaired) electrons. The van der Waals surface area contributed by atoms with Crippen LogP contribution in [0.5, 0.6) is 11.8 Å². The van der Waals surface area contributed by atoms with E-state index in [4.69, 9.17) is 37.4 Å². The number of nitrogens with one attached hydrogen (secondary N) is 1. The van der Waals surface area contributed by atoms with Crippen LogP contribution < -0.4 is 14.8 Å². The molecule has 0 saturated heterocycles. The summed E-state index contributed by atoms with van der Waals surface area (Å²) in [6.45, 7) is 4.61. The van der Waals surface area contributed by atoms with Crippen molar-refractivity contribution >= 4 is 40.4 Å². The molecule has 0 unspecified atom stereocenters. The second-order valence-electron chi connectivity index (χ2n) is 6.88. The van der Waals surface area contributed by atoms with Crippen molar-refractivity contribution < 1.29 is 19.0 Å². The van der Waals surface area contributed by atoms with Gasteiger partial charge in [0.1, 0.15) is 12.9 Å². The monoisotopic (exact) mass is 460 g/mol. The van der Waals surface area contributed by atoms with Crippen molar-refractivity contribution in [1.82, 2.24) is 20.3 Å². The van der Waals surface area contributed by atoms with E-state index in [-0.39, 0.29) is 41.4 Å². The number of hydrogen-bond donors (Lipinski definition) is 1. The van der Waals surface area contributed by atoms with Crippen LogP contribution in [0.4, 0.5) is 0 Å². The molecule has 0 aromatic carbocycles. The number of nitrogens with zero attached hydrogens (tertiary/aromatic N) is 3. The Kier molecular flexibility index (Phi) is 7.88. The molecule has 3 rings (SSSR count). The minimum Gasteiger partial charge on any atom is -0.476 e. The highest BCUT2D eigenvalue weighted by Crippen LogP contribution is 2.34. The lowest BCUT2D eigenvalue weighted by atomic mass is 9.83. The zero-order valence-corrected chi connectivity index (χ0v) is 18.4. The predicted molar refractivity (Wildman–Crippen MR) is 110 cm³/mol. The number of thiazole rings is 1. The van der Waals surface area contributed by atoms with Crippen LogP contribution >= 0.6 is 34.5 Å². The molecular formula is C18H22Cl2N4O4S. The fourth-order valence-electron chi connectivity index (χ4n) is 2.84. The SMILES string of the molecule is CC(=O)N[C@@H](C)COC1CC(COc2ncnc(OCc3csc(Cl)n3)c2Cl)C1. The summed E-state index contributed by atoms with van der Waals surface area (Å²) in [6.07, 6.45) is 3.32. The Balaban J connectivity index is 1.39. The van der Waals surface area contributed by atoms with Gasteiger partial charge in [0.15, 0.2) is 9.49 Å². The number of carbonyl (C=O) groups is 1. The molecule has 29 heavy (non-hydrogen) atoms. The molecule has 1 amide bonds. The van der Waals surface area contributed by atoms with E-state index in [1.165, 1.54) is 24.6 Å². The summed E-state index contributed by atoms with van der Waals surface area (Å²) in [6, 6.07) is 0.00125. The van der Waals surface area contributed by atoms with Crippen molar-refractivity contribution in [2.24, 2.45) is 5.92 Å². The fraction of sp³-hybridized carbons (Fsp3) is 0.556. The molecule has 0 aliphatic heterocycles. The van der Waals surface area contributed by atoms with E-state index in [1.54, 1.807) is 5.38 Å². The van der Waals surface area contributed by atoms with Gasteiger partial charge >= 0.3 is 0 Å². The fourth-order valence-corrected chi connectivity index (χ4v) is 3.82. The van der Waals surface area contributed by atoms with E-state index < -0.39 is 0 Å². The summed E-state index contributed by atoms with van der Waals surface area (Å²) in [5.41, 5.74) is 0.700. The quantitative estimate of drug-likeness (QED) is 0.579. The smallest absolute Gasteiger partial charge is 0.240 e. The van der Waals surface area contributed by atoms with E-state index in [2.05, 4.69) is 20.3 Å². The number of amides is 1. The third-order valence-corrected chi connectivity index (χ3v) is 5.64. The Hall–Kier alpha value is -1.68. The van der Waals surface area contributed by atoms with Gasteiger partial charge in [-0.3, -0.25) is 4.79 Å². The summed E-state index contributed by atoms with van der Waals surface area (Å²) in [5, 5.41) is 4.83. The molecule has 1 aliphatic carbocycles. The molecule has 158 valence electrons. The number of hydrogen-bond acceptors (Lipinski definition) is 8. The standard InChI is InChI=1S/C18H22Cl2N4O4S/c1-10(23-11(2)25)5-26-14-3-12(4-14)6-27-16-15(19)17(22-9-21-16)28-7-13-8-29-18(20)24-13/h8-10,12,14H,3-7H2,1-2H3,(H,23,25)/t10-,12?,14?/m0/s1. The van der Waals surface area contributed by atoms with Crippen molar-refractivity contribution in [2.45, 2.75) is 45.4 Å².